The molecule has 31 heavy (non-hydrogen) atoms. The summed E-state index contributed by atoms with van der Waals surface area (Å²) >= 11 is 6.17. The predicted molar refractivity (Wildman–Crippen MR) is 124 cm³/mol. The molecule has 0 radical (unpaired) electrons. The quantitative estimate of drug-likeness (QED) is 0.457. The molecule has 1 fully saturated rings. The van der Waals surface area contributed by atoms with E-state index in [2.05, 4.69) is 18.2 Å². The van der Waals surface area contributed by atoms with E-state index in [0.29, 0.717) is 0 Å². The average molecular weight is 437 g/mol. The molecule has 2 aliphatic carbocycles. The van der Waals surface area contributed by atoms with Gasteiger partial charge in [-0.3, -0.25) is 0 Å². The van der Waals surface area contributed by atoms with Crippen LogP contribution in [0.5, 0.6) is 5.75 Å². The van der Waals surface area contributed by atoms with E-state index < -0.39 is 0 Å². The Bertz CT molecular complexity index is 1040. The lowest BCUT2D eigenvalue weighted by molar-refractivity contribution is 0.0263. The van der Waals surface area contributed by atoms with Gasteiger partial charge in [0.15, 0.2) is 0 Å². The lowest BCUT2D eigenvalue weighted by Gasteiger charge is -2.23. The van der Waals surface area contributed by atoms with Crippen molar-refractivity contribution in [1.82, 2.24) is 9.78 Å². The Hall–Kier alpha value is -2.30. The van der Waals surface area contributed by atoms with Crippen LogP contribution in [-0.2, 0) is 17.6 Å². The lowest BCUT2D eigenvalue weighted by atomic mass is 9.90. The second-order valence-corrected chi connectivity index (χ2v) is 9.17. The molecule has 5 heteroatoms. The zero-order valence-electron chi connectivity index (χ0n) is 18.0. The highest BCUT2D eigenvalue weighted by Crippen LogP contribution is 2.38. The van der Waals surface area contributed by atoms with E-state index in [1.54, 1.807) is 7.11 Å². The van der Waals surface area contributed by atoms with E-state index in [9.17, 15) is 0 Å². The van der Waals surface area contributed by atoms with Gasteiger partial charge in [-0.2, -0.15) is 5.10 Å². The minimum atomic E-state index is 0.220. The maximum atomic E-state index is 6.39. The largest absolute Gasteiger partial charge is 0.494 e. The molecule has 0 N–H and O–H groups in total. The molecule has 4 nitrogen and oxygen atoms in total. The number of ether oxygens (including phenoxy) is 2. The Morgan fingerprint density at radius 2 is 1.77 bits per heavy atom. The van der Waals surface area contributed by atoms with E-state index in [1.807, 2.05) is 35.0 Å². The molecule has 1 atom stereocenters. The van der Waals surface area contributed by atoms with Gasteiger partial charge in [-0.15, -0.1) is 0 Å². The van der Waals surface area contributed by atoms with Gasteiger partial charge < -0.3 is 9.47 Å². The van der Waals surface area contributed by atoms with Gasteiger partial charge >= 0.3 is 0 Å². The molecule has 5 rings (SSSR count). The number of halogens is 1. The van der Waals surface area contributed by atoms with Crippen LogP contribution in [0.15, 0.2) is 48.5 Å². The van der Waals surface area contributed by atoms with Gasteiger partial charge in [-0.05, 0) is 43.0 Å². The number of aromatic nitrogens is 2. The third kappa shape index (κ3) is 4.24. The summed E-state index contributed by atoms with van der Waals surface area (Å²) in [6.45, 7) is 0.887. The molecular formula is C26H29ClN2O2. The normalized spacial score (nSPS) is 18.8. The second kappa shape index (κ2) is 9.05. The first-order valence-corrected chi connectivity index (χ1v) is 11.7. The summed E-state index contributed by atoms with van der Waals surface area (Å²) in [6.07, 6.45) is 8.70. The zero-order valence-corrected chi connectivity index (χ0v) is 18.8. The number of hydrogen-bond donors (Lipinski definition) is 0. The van der Waals surface area contributed by atoms with Gasteiger partial charge in [0, 0.05) is 35.6 Å². The van der Waals surface area contributed by atoms with E-state index in [4.69, 9.17) is 26.2 Å². The summed E-state index contributed by atoms with van der Waals surface area (Å²) < 4.78 is 14.1. The van der Waals surface area contributed by atoms with Crippen molar-refractivity contribution in [2.24, 2.45) is 5.92 Å². The van der Waals surface area contributed by atoms with Crippen molar-refractivity contribution in [3.05, 3.63) is 64.8 Å². The summed E-state index contributed by atoms with van der Waals surface area (Å²) in [5, 5.41) is 5.77. The van der Waals surface area contributed by atoms with Crippen molar-refractivity contribution in [3.8, 4) is 22.7 Å². The highest BCUT2D eigenvalue weighted by molar-refractivity contribution is 6.30. The topological polar surface area (TPSA) is 36.3 Å². The number of hydrogen-bond acceptors (Lipinski definition) is 3. The van der Waals surface area contributed by atoms with Crippen molar-refractivity contribution in [1.29, 1.82) is 0 Å². The fourth-order valence-electron chi connectivity index (χ4n) is 5.02. The fraction of sp³-hybridized carbons (Fsp3) is 0.423. The number of benzene rings is 2. The number of methoxy groups -OCH3 is 1. The van der Waals surface area contributed by atoms with Crippen molar-refractivity contribution < 1.29 is 9.47 Å². The summed E-state index contributed by atoms with van der Waals surface area (Å²) in [4.78, 5) is 0. The number of nitrogens with zero attached hydrogens (tertiary/aromatic N) is 2. The molecule has 2 aromatic carbocycles. The Kier molecular flexibility index (Phi) is 6.02. The molecule has 1 unspecified atom stereocenters. The van der Waals surface area contributed by atoms with E-state index >= 15 is 0 Å². The minimum absolute atomic E-state index is 0.220. The molecule has 162 valence electrons. The Balaban J connectivity index is 1.46. The van der Waals surface area contributed by atoms with Crippen molar-refractivity contribution in [3.63, 3.8) is 0 Å². The van der Waals surface area contributed by atoms with Crippen LogP contribution in [0.25, 0.3) is 16.9 Å². The first kappa shape index (κ1) is 20.6. The molecule has 1 heterocycles. The molecule has 0 aliphatic heterocycles. The third-order valence-electron chi connectivity index (χ3n) is 6.64. The van der Waals surface area contributed by atoms with Crippen LogP contribution in [0.4, 0.5) is 0 Å². The van der Waals surface area contributed by atoms with Crippen LogP contribution in [0.3, 0.4) is 0 Å². The summed E-state index contributed by atoms with van der Waals surface area (Å²) in [7, 11) is 1.70. The lowest BCUT2D eigenvalue weighted by Crippen LogP contribution is -2.21. The van der Waals surface area contributed by atoms with E-state index in [-0.39, 0.29) is 6.10 Å². The summed E-state index contributed by atoms with van der Waals surface area (Å²) in [6, 6.07) is 16.1. The number of fused-ring (bicyclic) bond motifs is 1. The molecule has 0 bridgehead atoms. The van der Waals surface area contributed by atoms with Crippen molar-refractivity contribution in [2.75, 3.05) is 13.7 Å². The molecule has 0 amide bonds. The first-order chi connectivity index (χ1) is 15.2. The van der Waals surface area contributed by atoms with Crippen LogP contribution >= 0.6 is 11.6 Å². The van der Waals surface area contributed by atoms with E-state index in [0.717, 1.165) is 58.8 Å². The number of para-hydroxylation sites is 2. The molecule has 0 spiro atoms. The van der Waals surface area contributed by atoms with Crippen LogP contribution in [0.1, 0.15) is 43.4 Å². The maximum absolute atomic E-state index is 6.39. The minimum Gasteiger partial charge on any atom is -0.494 e. The molecular weight excluding hydrogens is 408 g/mol. The van der Waals surface area contributed by atoms with Gasteiger partial charge in [0.05, 0.1) is 24.6 Å². The van der Waals surface area contributed by atoms with Crippen LogP contribution in [0.2, 0.25) is 5.02 Å². The van der Waals surface area contributed by atoms with Crippen molar-refractivity contribution >= 4 is 11.6 Å². The zero-order chi connectivity index (χ0) is 21.2. The Morgan fingerprint density at radius 1 is 1.00 bits per heavy atom. The first-order valence-electron chi connectivity index (χ1n) is 11.3. The van der Waals surface area contributed by atoms with Gasteiger partial charge in [-0.25, -0.2) is 4.68 Å². The standard InChI is InChI=1S/C26H29ClN2O2/c1-30-25-10-6-5-9-24(25)29-26(19-11-13-20(27)14-12-19)22-15-21(16-23(22)28-29)31-17-18-7-3-2-4-8-18/h5-6,9-14,18,21H,2-4,7-8,15-17H2,1H3. The van der Waals surface area contributed by atoms with Gasteiger partial charge in [0.2, 0.25) is 0 Å². The Morgan fingerprint density at radius 3 is 2.55 bits per heavy atom. The van der Waals surface area contributed by atoms with Crippen LogP contribution < -0.4 is 4.74 Å². The maximum Gasteiger partial charge on any atom is 0.144 e. The SMILES string of the molecule is COc1ccccc1-n1nc2c(c1-c1ccc(Cl)cc1)CC(OCC1CCCCC1)C2. The van der Waals surface area contributed by atoms with Gasteiger partial charge in [0.25, 0.3) is 0 Å². The second-order valence-electron chi connectivity index (χ2n) is 8.73. The molecule has 1 saturated carbocycles. The number of rotatable bonds is 6. The summed E-state index contributed by atoms with van der Waals surface area (Å²) in [5.74, 6) is 1.54. The van der Waals surface area contributed by atoms with Crippen LogP contribution in [0, 0.1) is 5.92 Å². The van der Waals surface area contributed by atoms with Gasteiger partial charge in [0.1, 0.15) is 11.4 Å². The third-order valence-corrected chi connectivity index (χ3v) is 6.89. The van der Waals surface area contributed by atoms with Crippen molar-refractivity contribution in [2.45, 2.75) is 51.0 Å². The molecule has 0 saturated heterocycles. The Labute approximate surface area is 189 Å². The predicted octanol–water partition coefficient (Wildman–Crippen LogP) is 6.27. The molecule has 1 aromatic heterocycles. The highest BCUT2D eigenvalue weighted by Gasteiger charge is 2.32. The summed E-state index contributed by atoms with van der Waals surface area (Å²) in [5.41, 5.74) is 5.58. The monoisotopic (exact) mass is 436 g/mol. The molecule has 2 aliphatic rings. The van der Waals surface area contributed by atoms with E-state index in [1.165, 1.54) is 37.7 Å². The molecule has 3 aromatic rings. The van der Waals surface area contributed by atoms with Gasteiger partial charge in [-0.1, -0.05) is 55.1 Å². The average Bonchev–Trinajstić information content (AvgIpc) is 3.36. The smallest absolute Gasteiger partial charge is 0.144 e. The fourth-order valence-corrected chi connectivity index (χ4v) is 5.14. The highest BCUT2D eigenvalue weighted by atomic mass is 35.5. The van der Waals surface area contributed by atoms with Crippen LogP contribution in [-0.4, -0.2) is 29.6 Å².